The van der Waals surface area contributed by atoms with Gasteiger partial charge in [0.1, 0.15) is 12.6 Å². The van der Waals surface area contributed by atoms with E-state index in [1.165, 1.54) is 42.2 Å². The number of anilines is 1. The highest BCUT2D eigenvalue weighted by atomic mass is 79.9. The number of carbonyl (C=O) groups excluding carboxylic acids is 2. The van der Waals surface area contributed by atoms with Gasteiger partial charge in [0.25, 0.3) is 10.0 Å². The lowest BCUT2D eigenvalue weighted by molar-refractivity contribution is -0.139. The van der Waals surface area contributed by atoms with Crippen LogP contribution in [0.15, 0.2) is 88.2 Å². The van der Waals surface area contributed by atoms with Crippen molar-refractivity contribution in [2.24, 2.45) is 5.92 Å². The van der Waals surface area contributed by atoms with Crippen molar-refractivity contribution in [1.82, 2.24) is 10.2 Å². The molecule has 0 aliphatic heterocycles. The molecule has 0 unspecified atom stereocenters. The van der Waals surface area contributed by atoms with Gasteiger partial charge in [-0.25, -0.2) is 8.42 Å². The number of nitrogens with one attached hydrogen (secondary N) is 1. The Labute approximate surface area is 246 Å². The highest BCUT2D eigenvalue weighted by Crippen LogP contribution is 2.33. The van der Waals surface area contributed by atoms with E-state index < -0.39 is 46.2 Å². The fourth-order valence-corrected chi connectivity index (χ4v) is 5.83. The first-order valence-corrected chi connectivity index (χ1v) is 15.0. The van der Waals surface area contributed by atoms with E-state index >= 15 is 0 Å². The van der Waals surface area contributed by atoms with Gasteiger partial charge in [-0.05, 0) is 60.9 Å². The Hall–Kier alpha value is -3.38. The molecule has 1 N–H and O–H groups in total. The molecule has 0 fully saturated rings. The highest BCUT2D eigenvalue weighted by molar-refractivity contribution is 9.10. The molecule has 12 heteroatoms. The van der Waals surface area contributed by atoms with Gasteiger partial charge in [0.2, 0.25) is 11.8 Å². The zero-order valence-electron chi connectivity index (χ0n) is 22.7. The Balaban J connectivity index is 2.06. The number of benzene rings is 3. The topological polar surface area (TPSA) is 86.8 Å². The number of carbonyl (C=O) groups is 2. The third kappa shape index (κ3) is 8.56. The molecule has 2 amide bonds. The number of hydrogen-bond acceptors (Lipinski definition) is 4. The van der Waals surface area contributed by atoms with Crippen molar-refractivity contribution in [2.45, 2.75) is 44.4 Å². The largest absolute Gasteiger partial charge is 0.416 e. The Morgan fingerprint density at radius 2 is 1.59 bits per heavy atom. The quantitative estimate of drug-likeness (QED) is 0.281. The minimum absolute atomic E-state index is 0.0453. The van der Waals surface area contributed by atoms with Crippen LogP contribution in [0, 0.1) is 5.92 Å². The van der Waals surface area contributed by atoms with Crippen LogP contribution in [0.1, 0.15) is 31.9 Å². The summed E-state index contributed by atoms with van der Waals surface area (Å²) in [5.74, 6) is -1.07. The second-order valence-electron chi connectivity index (χ2n) is 9.84. The lowest BCUT2D eigenvalue weighted by Crippen LogP contribution is -2.51. The summed E-state index contributed by atoms with van der Waals surface area (Å²) in [5.41, 5.74) is -0.743. The summed E-state index contributed by atoms with van der Waals surface area (Å²) in [7, 11) is -4.48. The average molecular weight is 655 g/mol. The normalized spacial score (nSPS) is 12.6. The number of alkyl halides is 3. The summed E-state index contributed by atoms with van der Waals surface area (Å²) in [5, 5.41) is 2.78. The van der Waals surface area contributed by atoms with Crippen molar-refractivity contribution in [3.8, 4) is 0 Å². The zero-order valence-corrected chi connectivity index (χ0v) is 25.1. The summed E-state index contributed by atoms with van der Waals surface area (Å²) in [6, 6.07) is 16.9. The van der Waals surface area contributed by atoms with Crippen LogP contribution < -0.4 is 9.62 Å². The molecule has 0 saturated carbocycles. The van der Waals surface area contributed by atoms with E-state index in [0.29, 0.717) is 22.5 Å². The van der Waals surface area contributed by atoms with E-state index in [0.717, 1.165) is 16.6 Å². The summed E-state index contributed by atoms with van der Waals surface area (Å²) in [6.45, 7) is 4.82. The standard InChI is InChI=1S/C29H31BrF3N3O4S/c1-20(2)17-34-28(38)21(3)35(18-22-9-7-11-24(30)15-22)27(37)19-36(41(39,40)26-13-5-4-6-14-26)25-12-8-10-23(16-25)29(31,32)33/h4-16,20-21H,17-19H2,1-3H3,(H,34,38)/t21-/m1/s1. The molecule has 0 aliphatic carbocycles. The van der Waals surface area contributed by atoms with Crippen molar-refractivity contribution in [3.05, 3.63) is 94.5 Å². The molecule has 220 valence electrons. The van der Waals surface area contributed by atoms with Crippen LogP contribution in [0.5, 0.6) is 0 Å². The lowest BCUT2D eigenvalue weighted by Gasteiger charge is -2.32. The first-order valence-electron chi connectivity index (χ1n) is 12.8. The van der Waals surface area contributed by atoms with Gasteiger partial charge in [0.15, 0.2) is 0 Å². The molecule has 41 heavy (non-hydrogen) atoms. The predicted molar refractivity (Wildman–Crippen MR) is 154 cm³/mol. The Morgan fingerprint density at radius 1 is 0.927 bits per heavy atom. The maximum Gasteiger partial charge on any atom is 0.416 e. The van der Waals surface area contributed by atoms with Gasteiger partial charge in [0.05, 0.1) is 16.1 Å². The maximum absolute atomic E-state index is 13.9. The Morgan fingerprint density at radius 3 is 2.20 bits per heavy atom. The molecule has 0 heterocycles. The van der Waals surface area contributed by atoms with Gasteiger partial charge in [-0.1, -0.05) is 66.2 Å². The molecule has 0 aliphatic rings. The molecular formula is C29H31BrF3N3O4S. The summed E-state index contributed by atoms with van der Waals surface area (Å²) in [4.78, 5) is 27.9. The predicted octanol–water partition coefficient (Wildman–Crippen LogP) is 5.85. The molecule has 0 saturated heterocycles. The number of halogens is 4. The average Bonchev–Trinajstić information content (AvgIpc) is 2.92. The minimum atomic E-state index is -4.74. The van der Waals surface area contributed by atoms with E-state index in [9.17, 15) is 31.2 Å². The highest BCUT2D eigenvalue weighted by Gasteiger charge is 2.35. The summed E-state index contributed by atoms with van der Waals surface area (Å²) >= 11 is 3.38. The third-order valence-corrected chi connectivity index (χ3v) is 8.45. The van der Waals surface area contributed by atoms with Crippen LogP contribution in [0.25, 0.3) is 0 Å². The van der Waals surface area contributed by atoms with Gasteiger partial charge in [-0.2, -0.15) is 13.2 Å². The monoisotopic (exact) mass is 653 g/mol. The van der Waals surface area contributed by atoms with E-state index in [-0.39, 0.29) is 23.0 Å². The molecule has 0 bridgehead atoms. The summed E-state index contributed by atoms with van der Waals surface area (Å²) in [6.07, 6.45) is -4.74. The number of hydrogen-bond donors (Lipinski definition) is 1. The number of rotatable bonds is 11. The van der Waals surface area contributed by atoms with Crippen molar-refractivity contribution in [3.63, 3.8) is 0 Å². The lowest BCUT2D eigenvalue weighted by atomic mass is 10.1. The van der Waals surface area contributed by atoms with Gasteiger partial charge in [-0.3, -0.25) is 13.9 Å². The van der Waals surface area contributed by atoms with Crippen molar-refractivity contribution < 1.29 is 31.2 Å². The number of amides is 2. The van der Waals surface area contributed by atoms with Crippen LogP contribution >= 0.6 is 15.9 Å². The third-order valence-electron chi connectivity index (χ3n) is 6.17. The van der Waals surface area contributed by atoms with E-state index in [1.54, 1.807) is 30.3 Å². The van der Waals surface area contributed by atoms with Gasteiger partial charge >= 0.3 is 6.18 Å². The smallest absolute Gasteiger partial charge is 0.354 e. The van der Waals surface area contributed by atoms with E-state index in [4.69, 9.17) is 0 Å². The van der Waals surface area contributed by atoms with Gasteiger partial charge < -0.3 is 10.2 Å². The summed E-state index contributed by atoms with van der Waals surface area (Å²) < 4.78 is 69.5. The molecular weight excluding hydrogens is 623 g/mol. The van der Waals surface area contributed by atoms with Gasteiger partial charge in [-0.15, -0.1) is 0 Å². The molecule has 3 aromatic carbocycles. The molecule has 3 rings (SSSR count). The zero-order chi connectivity index (χ0) is 30.4. The fourth-order valence-electron chi connectivity index (χ4n) is 3.95. The Bertz CT molecular complexity index is 1470. The first kappa shape index (κ1) is 32.1. The molecule has 0 aromatic heterocycles. The molecule has 7 nitrogen and oxygen atoms in total. The minimum Gasteiger partial charge on any atom is -0.354 e. The second kappa shape index (κ2) is 13.5. The van der Waals surface area contributed by atoms with Crippen LogP contribution in [0.2, 0.25) is 0 Å². The first-order chi connectivity index (χ1) is 19.2. The van der Waals surface area contributed by atoms with E-state index in [2.05, 4.69) is 21.2 Å². The number of nitrogens with zero attached hydrogens (tertiary/aromatic N) is 2. The molecule has 0 spiro atoms. The van der Waals surface area contributed by atoms with Crippen molar-refractivity contribution in [1.29, 1.82) is 0 Å². The van der Waals surface area contributed by atoms with Crippen LogP contribution in [0.3, 0.4) is 0 Å². The molecule has 3 aromatic rings. The van der Waals surface area contributed by atoms with Crippen molar-refractivity contribution >= 4 is 43.5 Å². The van der Waals surface area contributed by atoms with Crippen LogP contribution in [-0.2, 0) is 32.3 Å². The molecule has 0 radical (unpaired) electrons. The van der Waals surface area contributed by atoms with Crippen molar-refractivity contribution in [2.75, 3.05) is 17.4 Å². The van der Waals surface area contributed by atoms with Crippen LogP contribution in [-0.4, -0.2) is 44.3 Å². The fraction of sp³-hybridized carbons (Fsp3) is 0.310. The Kier molecular flexibility index (Phi) is 10.6. The second-order valence-corrected chi connectivity index (χ2v) is 12.6. The molecule has 1 atom stereocenters. The van der Waals surface area contributed by atoms with Crippen LogP contribution in [0.4, 0.5) is 18.9 Å². The number of sulfonamides is 1. The maximum atomic E-state index is 13.9. The SMILES string of the molecule is CC(C)CNC(=O)[C@@H](C)N(Cc1cccc(Br)c1)C(=O)CN(c1cccc(C(F)(F)F)c1)S(=O)(=O)c1ccccc1. The van der Waals surface area contributed by atoms with Gasteiger partial charge in [0, 0.05) is 17.6 Å². The van der Waals surface area contributed by atoms with E-state index in [1.807, 2.05) is 13.8 Å².